The van der Waals surface area contributed by atoms with E-state index in [1.807, 2.05) is 24.3 Å². The Hall–Kier alpha value is -4.14. The van der Waals surface area contributed by atoms with Crippen molar-refractivity contribution in [1.29, 1.82) is 0 Å². The highest BCUT2D eigenvalue weighted by molar-refractivity contribution is 5.94. The predicted octanol–water partition coefficient (Wildman–Crippen LogP) is 3.05. The van der Waals surface area contributed by atoms with E-state index in [4.69, 9.17) is 9.84 Å². The topological polar surface area (TPSA) is 123 Å². The van der Waals surface area contributed by atoms with Crippen LogP contribution < -0.4 is 10.6 Å². The number of carbonyl (C=O) groups is 3. The first-order valence-corrected chi connectivity index (χ1v) is 11.1. The first kappa shape index (κ1) is 23.0. The Morgan fingerprint density at radius 1 is 1.03 bits per heavy atom. The summed E-state index contributed by atoms with van der Waals surface area (Å²) in [5.74, 6) is -1.33. The van der Waals surface area contributed by atoms with E-state index < -0.39 is 12.1 Å². The van der Waals surface area contributed by atoms with Crippen LogP contribution in [0.4, 0.5) is 4.79 Å². The molecule has 1 aromatic heterocycles. The van der Waals surface area contributed by atoms with Gasteiger partial charge in [-0.3, -0.25) is 14.3 Å². The molecule has 2 amide bonds. The van der Waals surface area contributed by atoms with Crippen LogP contribution in [0, 0.1) is 0 Å². The summed E-state index contributed by atoms with van der Waals surface area (Å²) < 4.78 is 6.95. The molecule has 1 aliphatic rings. The second-order valence-electron chi connectivity index (χ2n) is 8.07. The number of hydrogen-bond acceptors (Lipinski definition) is 5. The fourth-order valence-electron chi connectivity index (χ4n) is 4.25. The van der Waals surface area contributed by atoms with Gasteiger partial charge in [-0.1, -0.05) is 48.5 Å². The number of benzene rings is 2. The van der Waals surface area contributed by atoms with E-state index in [1.54, 1.807) is 7.05 Å². The summed E-state index contributed by atoms with van der Waals surface area (Å²) >= 11 is 0. The predicted molar refractivity (Wildman–Crippen MR) is 124 cm³/mol. The summed E-state index contributed by atoms with van der Waals surface area (Å²) in [4.78, 5) is 35.6. The second-order valence-corrected chi connectivity index (χ2v) is 8.07. The Bertz CT molecular complexity index is 1170. The summed E-state index contributed by atoms with van der Waals surface area (Å²) in [5.41, 5.74) is 5.40. The maximum absolute atomic E-state index is 12.5. The molecule has 9 nitrogen and oxygen atoms in total. The maximum atomic E-state index is 12.5. The molecule has 1 aliphatic carbocycles. The number of rotatable bonds is 9. The molecule has 0 radical (unpaired) electrons. The van der Waals surface area contributed by atoms with Gasteiger partial charge in [0, 0.05) is 31.5 Å². The molecule has 1 heterocycles. The van der Waals surface area contributed by atoms with Crippen molar-refractivity contribution < 1.29 is 24.2 Å². The molecule has 176 valence electrons. The van der Waals surface area contributed by atoms with E-state index in [1.165, 1.54) is 10.9 Å². The molecule has 0 aliphatic heterocycles. The molecule has 0 unspecified atom stereocenters. The summed E-state index contributed by atoms with van der Waals surface area (Å²) in [7, 11) is 1.63. The molecule has 0 saturated heterocycles. The van der Waals surface area contributed by atoms with E-state index in [-0.39, 0.29) is 37.9 Å². The number of nitrogens with one attached hydrogen (secondary N) is 2. The molecule has 2 aromatic carbocycles. The number of carbonyl (C=O) groups excluding carboxylic acids is 2. The summed E-state index contributed by atoms with van der Waals surface area (Å²) in [5, 5.41) is 18.2. The first-order valence-electron chi connectivity index (χ1n) is 11.1. The number of carboxylic acid groups (broad SMARTS) is 1. The first-order chi connectivity index (χ1) is 16.5. The third-order valence-corrected chi connectivity index (χ3v) is 5.85. The van der Waals surface area contributed by atoms with Crippen molar-refractivity contribution in [2.45, 2.75) is 25.3 Å². The van der Waals surface area contributed by atoms with Crippen LogP contribution in [0.5, 0.6) is 0 Å². The standard InChI is InChI=1S/C25H26N4O5/c1-29-23(24(32)26-12-6-11-22(30)31)16(14-28-29)13-27-25(33)34-15-21-19-9-4-2-7-17(19)18-8-3-5-10-20(18)21/h2-5,7-10,14,21H,6,11-13,15H2,1H3,(H,26,32)(H,27,33)(H,30,31). The van der Waals surface area contributed by atoms with Gasteiger partial charge >= 0.3 is 12.1 Å². The zero-order chi connectivity index (χ0) is 24.1. The van der Waals surface area contributed by atoms with Crippen LogP contribution in [0.25, 0.3) is 11.1 Å². The van der Waals surface area contributed by atoms with Gasteiger partial charge in [-0.15, -0.1) is 0 Å². The van der Waals surface area contributed by atoms with Crippen LogP contribution in [0.2, 0.25) is 0 Å². The minimum atomic E-state index is -0.914. The Kier molecular flexibility index (Phi) is 6.91. The highest BCUT2D eigenvalue weighted by Crippen LogP contribution is 2.44. The minimum absolute atomic E-state index is 0.0259. The molecule has 9 heteroatoms. The van der Waals surface area contributed by atoms with E-state index in [0.29, 0.717) is 17.7 Å². The lowest BCUT2D eigenvalue weighted by molar-refractivity contribution is -0.137. The van der Waals surface area contributed by atoms with Gasteiger partial charge in [-0.2, -0.15) is 5.10 Å². The van der Waals surface area contributed by atoms with Gasteiger partial charge in [0.1, 0.15) is 12.3 Å². The lowest BCUT2D eigenvalue weighted by atomic mass is 9.98. The Labute approximate surface area is 196 Å². The molecule has 3 aromatic rings. The SMILES string of the molecule is Cn1ncc(CNC(=O)OCC2c3ccccc3-c3ccccc32)c1C(=O)NCCCC(=O)O. The summed E-state index contributed by atoms with van der Waals surface area (Å²) in [6.07, 6.45) is 1.22. The van der Waals surface area contributed by atoms with Crippen molar-refractivity contribution in [3.8, 4) is 11.1 Å². The number of aromatic nitrogens is 2. The fourth-order valence-corrected chi connectivity index (χ4v) is 4.25. The Morgan fingerprint density at radius 3 is 2.32 bits per heavy atom. The molecule has 34 heavy (non-hydrogen) atoms. The molecule has 0 fully saturated rings. The van der Waals surface area contributed by atoms with Crippen LogP contribution in [0.1, 0.15) is 45.9 Å². The van der Waals surface area contributed by atoms with Crippen molar-refractivity contribution >= 4 is 18.0 Å². The quantitative estimate of drug-likeness (QED) is 0.420. The third kappa shape index (κ3) is 4.93. The second kappa shape index (κ2) is 10.2. The van der Waals surface area contributed by atoms with Gasteiger partial charge in [-0.05, 0) is 28.7 Å². The molecule has 0 spiro atoms. The molecule has 4 rings (SSSR count). The highest BCUT2D eigenvalue weighted by atomic mass is 16.5. The number of amides is 2. The number of hydrogen-bond donors (Lipinski definition) is 3. The van der Waals surface area contributed by atoms with Gasteiger partial charge in [0.05, 0.1) is 12.7 Å². The molecule has 0 atom stereocenters. The Balaban J connectivity index is 1.33. The zero-order valence-corrected chi connectivity index (χ0v) is 18.8. The van der Waals surface area contributed by atoms with Crippen LogP contribution >= 0.6 is 0 Å². The van der Waals surface area contributed by atoms with Crippen molar-refractivity contribution in [2.24, 2.45) is 7.05 Å². The van der Waals surface area contributed by atoms with Crippen LogP contribution in [0.3, 0.4) is 0 Å². The van der Waals surface area contributed by atoms with Gasteiger partial charge in [0.25, 0.3) is 5.91 Å². The van der Waals surface area contributed by atoms with Gasteiger partial charge in [-0.25, -0.2) is 4.79 Å². The number of aryl methyl sites for hydroxylation is 1. The van der Waals surface area contributed by atoms with E-state index in [2.05, 4.69) is 40.0 Å². The van der Waals surface area contributed by atoms with Crippen molar-refractivity contribution in [2.75, 3.05) is 13.2 Å². The number of ether oxygens (including phenoxy) is 1. The van der Waals surface area contributed by atoms with Crippen LogP contribution in [-0.4, -0.2) is 46.0 Å². The number of alkyl carbamates (subject to hydrolysis) is 1. The molecule has 3 N–H and O–H groups in total. The van der Waals surface area contributed by atoms with Crippen LogP contribution in [0.15, 0.2) is 54.7 Å². The average Bonchev–Trinajstić information content (AvgIpc) is 3.36. The normalized spacial score (nSPS) is 12.0. The average molecular weight is 463 g/mol. The molecule has 0 bridgehead atoms. The summed E-state index contributed by atoms with van der Waals surface area (Å²) in [6.45, 7) is 0.502. The maximum Gasteiger partial charge on any atom is 0.407 e. The number of carboxylic acids is 1. The van der Waals surface area contributed by atoms with Gasteiger partial charge < -0.3 is 20.5 Å². The van der Waals surface area contributed by atoms with E-state index in [9.17, 15) is 14.4 Å². The van der Waals surface area contributed by atoms with E-state index >= 15 is 0 Å². The smallest absolute Gasteiger partial charge is 0.407 e. The minimum Gasteiger partial charge on any atom is -0.481 e. The fraction of sp³-hybridized carbons (Fsp3) is 0.280. The van der Waals surface area contributed by atoms with Crippen molar-refractivity contribution in [3.05, 3.63) is 77.1 Å². The lowest BCUT2D eigenvalue weighted by Gasteiger charge is -2.14. The number of aliphatic carboxylic acids is 1. The van der Waals surface area contributed by atoms with Crippen LogP contribution in [-0.2, 0) is 23.1 Å². The van der Waals surface area contributed by atoms with E-state index in [0.717, 1.165) is 22.3 Å². The monoisotopic (exact) mass is 462 g/mol. The highest BCUT2D eigenvalue weighted by Gasteiger charge is 2.29. The molecular formula is C25H26N4O5. The summed E-state index contributed by atoms with van der Waals surface area (Å²) in [6, 6.07) is 16.2. The van der Waals surface area contributed by atoms with Crippen molar-refractivity contribution in [1.82, 2.24) is 20.4 Å². The van der Waals surface area contributed by atoms with Gasteiger partial charge in [0.15, 0.2) is 0 Å². The number of fused-ring (bicyclic) bond motifs is 3. The van der Waals surface area contributed by atoms with Crippen molar-refractivity contribution in [3.63, 3.8) is 0 Å². The molecular weight excluding hydrogens is 436 g/mol. The van der Waals surface area contributed by atoms with Gasteiger partial charge in [0.2, 0.25) is 0 Å². The third-order valence-electron chi connectivity index (χ3n) is 5.85. The molecule has 0 saturated carbocycles. The Morgan fingerprint density at radius 2 is 1.68 bits per heavy atom. The lowest BCUT2D eigenvalue weighted by Crippen LogP contribution is -2.30. The number of nitrogens with zero attached hydrogens (tertiary/aromatic N) is 2. The zero-order valence-electron chi connectivity index (χ0n) is 18.8. The largest absolute Gasteiger partial charge is 0.481 e.